The third-order valence-electron chi connectivity index (χ3n) is 3.33. The first-order chi connectivity index (χ1) is 10.8. The molecule has 0 saturated heterocycles. The molecule has 0 unspecified atom stereocenters. The van der Waals surface area contributed by atoms with Crippen LogP contribution in [0.3, 0.4) is 0 Å². The molecule has 108 valence electrons. The van der Waals surface area contributed by atoms with Gasteiger partial charge in [-0.15, -0.1) is 0 Å². The molecule has 0 aliphatic heterocycles. The minimum atomic E-state index is -0.479. The van der Waals surface area contributed by atoms with Gasteiger partial charge >= 0.3 is 5.76 Å². The molecule has 0 aliphatic rings. The Bertz CT molecular complexity index is 982. The molecule has 3 aromatic heterocycles. The van der Waals surface area contributed by atoms with Crippen LogP contribution in [-0.4, -0.2) is 14.5 Å². The van der Waals surface area contributed by atoms with Crippen molar-refractivity contribution in [1.82, 2.24) is 14.5 Å². The standard InChI is InChI=1S/C16H11N3O3/c20-16-19(15-12(22-16)7-4-8-17-15)10-14-18-9-13(21-14)11-5-2-1-3-6-11/h1-9H,10H2. The summed E-state index contributed by atoms with van der Waals surface area (Å²) in [5.41, 5.74) is 1.86. The second kappa shape index (κ2) is 5.00. The first-order valence-electron chi connectivity index (χ1n) is 6.76. The SMILES string of the molecule is O=c1oc2cccnc2n1Cc1ncc(-c2ccccc2)o1. The Kier molecular flexibility index (Phi) is 2.86. The average molecular weight is 293 g/mol. The van der Waals surface area contributed by atoms with Gasteiger partial charge in [-0.2, -0.15) is 0 Å². The first-order valence-corrected chi connectivity index (χ1v) is 6.76. The number of nitrogens with zero attached hydrogens (tertiary/aromatic N) is 3. The lowest BCUT2D eigenvalue weighted by molar-refractivity contribution is 0.461. The van der Waals surface area contributed by atoms with E-state index in [2.05, 4.69) is 9.97 Å². The molecule has 22 heavy (non-hydrogen) atoms. The predicted octanol–water partition coefficient (Wildman–Crippen LogP) is 2.69. The molecule has 3 heterocycles. The third kappa shape index (κ3) is 2.10. The summed E-state index contributed by atoms with van der Waals surface area (Å²) in [6.07, 6.45) is 3.25. The van der Waals surface area contributed by atoms with Gasteiger partial charge in [-0.1, -0.05) is 30.3 Å². The molecular weight excluding hydrogens is 282 g/mol. The Morgan fingerprint density at radius 2 is 1.86 bits per heavy atom. The number of benzene rings is 1. The molecule has 0 fully saturated rings. The van der Waals surface area contributed by atoms with Crippen LogP contribution in [0.15, 0.2) is 68.5 Å². The second-order valence-corrected chi connectivity index (χ2v) is 4.76. The van der Waals surface area contributed by atoms with Crippen molar-refractivity contribution in [3.8, 4) is 11.3 Å². The highest BCUT2D eigenvalue weighted by atomic mass is 16.4. The molecule has 4 rings (SSSR count). The van der Waals surface area contributed by atoms with Crippen molar-refractivity contribution < 1.29 is 8.83 Å². The summed E-state index contributed by atoms with van der Waals surface area (Å²) in [6.45, 7) is 0.176. The highest BCUT2D eigenvalue weighted by Crippen LogP contribution is 2.20. The van der Waals surface area contributed by atoms with Gasteiger partial charge in [0.1, 0.15) is 6.54 Å². The molecule has 6 heteroatoms. The largest absolute Gasteiger partial charge is 0.439 e. The Morgan fingerprint density at radius 1 is 1.00 bits per heavy atom. The zero-order chi connectivity index (χ0) is 14.9. The van der Waals surface area contributed by atoms with E-state index in [0.717, 1.165) is 5.56 Å². The molecule has 0 N–H and O–H groups in total. The van der Waals surface area contributed by atoms with E-state index in [0.29, 0.717) is 22.9 Å². The lowest BCUT2D eigenvalue weighted by Crippen LogP contribution is -2.15. The van der Waals surface area contributed by atoms with Crippen LogP contribution >= 0.6 is 0 Å². The van der Waals surface area contributed by atoms with Crippen molar-refractivity contribution in [2.75, 3.05) is 0 Å². The Balaban J connectivity index is 1.71. The molecule has 4 aromatic rings. The summed E-state index contributed by atoms with van der Waals surface area (Å²) in [5, 5.41) is 0. The molecule has 0 spiro atoms. The van der Waals surface area contributed by atoms with Crippen molar-refractivity contribution >= 4 is 11.2 Å². The summed E-state index contributed by atoms with van der Waals surface area (Å²) in [4.78, 5) is 20.3. The molecule has 0 bridgehead atoms. The third-order valence-corrected chi connectivity index (χ3v) is 3.33. The minimum absolute atomic E-state index is 0.176. The maximum Gasteiger partial charge on any atom is 0.421 e. The van der Waals surface area contributed by atoms with Gasteiger partial charge in [0.05, 0.1) is 6.20 Å². The maximum absolute atomic E-state index is 11.9. The number of oxazole rings is 2. The lowest BCUT2D eigenvalue weighted by Gasteiger charge is -1.97. The van der Waals surface area contributed by atoms with Gasteiger partial charge in [0, 0.05) is 11.8 Å². The normalized spacial score (nSPS) is 11.1. The van der Waals surface area contributed by atoms with E-state index in [4.69, 9.17) is 8.83 Å². The fraction of sp³-hybridized carbons (Fsp3) is 0.0625. The number of rotatable bonds is 3. The number of hydrogen-bond acceptors (Lipinski definition) is 5. The quantitative estimate of drug-likeness (QED) is 0.580. The maximum atomic E-state index is 11.9. The van der Waals surface area contributed by atoms with Gasteiger partial charge in [-0.25, -0.2) is 19.3 Å². The highest BCUT2D eigenvalue weighted by molar-refractivity contribution is 5.67. The van der Waals surface area contributed by atoms with E-state index in [9.17, 15) is 4.79 Å². The van der Waals surface area contributed by atoms with Gasteiger partial charge in [0.15, 0.2) is 17.0 Å². The molecule has 0 saturated carbocycles. The molecular formula is C16H11N3O3. The van der Waals surface area contributed by atoms with E-state index in [-0.39, 0.29) is 6.54 Å². The Labute approximate surface area is 124 Å². The highest BCUT2D eigenvalue weighted by Gasteiger charge is 2.13. The van der Waals surface area contributed by atoms with Gasteiger partial charge in [0.25, 0.3) is 0 Å². The Morgan fingerprint density at radius 3 is 2.73 bits per heavy atom. The van der Waals surface area contributed by atoms with Crippen LogP contribution < -0.4 is 5.76 Å². The van der Waals surface area contributed by atoms with E-state index >= 15 is 0 Å². The van der Waals surface area contributed by atoms with Crippen molar-refractivity contribution in [3.63, 3.8) is 0 Å². The van der Waals surface area contributed by atoms with Gasteiger partial charge in [0.2, 0.25) is 5.89 Å². The molecule has 0 atom stereocenters. The molecule has 6 nitrogen and oxygen atoms in total. The second-order valence-electron chi connectivity index (χ2n) is 4.76. The van der Waals surface area contributed by atoms with E-state index in [1.165, 1.54) is 4.57 Å². The van der Waals surface area contributed by atoms with Crippen LogP contribution in [0.2, 0.25) is 0 Å². The summed E-state index contributed by atoms with van der Waals surface area (Å²) in [6, 6.07) is 13.1. The van der Waals surface area contributed by atoms with Crippen LogP contribution in [0.1, 0.15) is 5.89 Å². The van der Waals surface area contributed by atoms with Crippen molar-refractivity contribution in [1.29, 1.82) is 0 Å². The summed E-state index contributed by atoms with van der Waals surface area (Å²) in [7, 11) is 0. The van der Waals surface area contributed by atoms with Gasteiger partial charge < -0.3 is 8.83 Å². The molecule has 1 aromatic carbocycles. The lowest BCUT2D eigenvalue weighted by atomic mass is 10.2. The van der Waals surface area contributed by atoms with E-state index < -0.39 is 5.76 Å². The van der Waals surface area contributed by atoms with Crippen LogP contribution in [0.5, 0.6) is 0 Å². The van der Waals surface area contributed by atoms with Crippen LogP contribution in [0.25, 0.3) is 22.6 Å². The monoisotopic (exact) mass is 293 g/mol. The fourth-order valence-corrected chi connectivity index (χ4v) is 2.29. The number of pyridine rings is 1. The van der Waals surface area contributed by atoms with Crippen molar-refractivity contribution in [3.05, 3.63) is 71.3 Å². The zero-order valence-corrected chi connectivity index (χ0v) is 11.5. The fourth-order valence-electron chi connectivity index (χ4n) is 2.29. The molecule has 0 radical (unpaired) electrons. The first kappa shape index (κ1) is 12.6. The summed E-state index contributed by atoms with van der Waals surface area (Å²) >= 11 is 0. The number of hydrogen-bond donors (Lipinski definition) is 0. The number of fused-ring (bicyclic) bond motifs is 1. The minimum Gasteiger partial charge on any atom is -0.439 e. The van der Waals surface area contributed by atoms with Crippen LogP contribution in [0, 0.1) is 0 Å². The zero-order valence-electron chi connectivity index (χ0n) is 11.5. The Hall–Kier alpha value is -3.15. The average Bonchev–Trinajstić information content (AvgIpc) is 3.14. The van der Waals surface area contributed by atoms with Gasteiger partial charge in [-0.05, 0) is 12.1 Å². The molecule has 0 aliphatic carbocycles. The molecule has 0 amide bonds. The summed E-state index contributed by atoms with van der Waals surface area (Å²) in [5.74, 6) is 0.604. The van der Waals surface area contributed by atoms with E-state index in [1.807, 2.05) is 30.3 Å². The van der Waals surface area contributed by atoms with Crippen molar-refractivity contribution in [2.45, 2.75) is 6.54 Å². The number of aromatic nitrogens is 3. The summed E-state index contributed by atoms with van der Waals surface area (Å²) < 4.78 is 12.2. The van der Waals surface area contributed by atoms with Crippen LogP contribution in [-0.2, 0) is 6.54 Å². The van der Waals surface area contributed by atoms with Crippen LogP contribution in [0.4, 0.5) is 0 Å². The van der Waals surface area contributed by atoms with E-state index in [1.54, 1.807) is 24.5 Å². The predicted molar refractivity (Wildman–Crippen MR) is 79.3 cm³/mol. The smallest absolute Gasteiger partial charge is 0.421 e. The topological polar surface area (TPSA) is 74.1 Å². The van der Waals surface area contributed by atoms with Gasteiger partial charge in [-0.3, -0.25) is 0 Å². The van der Waals surface area contributed by atoms with Crippen molar-refractivity contribution in [2.24, 2.45) is 0 Å².